The van der Waals surface area contributed by atoms with Crippen LogP contribution in [-0.4, -0.2) is 39.1 Å². The summed E-state index contributed by atoms with van der Waals surface area (Å²) in [5, 5.41) is 1.30. The van der Waals surface area contributed by atoms with Gasteiger partial charge >= 0.3 is 0 Å². The second-order valence-electron chi connectivity index (χ2n) is 6.68. The molecule has 2 saturated carbocycles. The maximum atomic E-state index is 14.2. The number of alkyl halides is 1. The summed E-state index contributed by atoms with van der Waals surface area (Å²) in [4.78, 5) is 18.8. The van der Waals surface area contributed by atoms with Crippen LogP contribution in [0.25, 0.3) is 10.9 Å². The fourth-order valence-corrected chi connectivity index (χ4v) is 4.43. The maximum absolute atomic E-state index is 14.2. The van der Waals surface area contributed by atoms with Crippen molar-refractivity contribution in [3.8, 4) is 0 Å². The lowest BCUT2D eigenvalue weighted by Gasteiger charge is -2.60. The van der Waals surface area contributed by atoms with Crippen LogP contribution in [0.3, 0.4) is 0 Å². The van der Waals surface area contributed by atoms with Gasteiger partial charge in [-0.2, -0.15) is 0 Å². The first kappa shape index (κ1) is 14.9. The number of hydrogen-bond donors (Lipinski definition) is 0. The number of halogens is 2. The Morgan fingerprint density at radius 3 is 2.96 bits per heavy atom. The van der Waals surface area contributed by atoms with Gasteiger partial charge in [-0.15, -0.1) is 0 Å². The largest absolute Gasteiger partial charge is 0.337 e. The quantitative estimate of drug-likeness (QED) is 0.803. The standard InChI is InChI=1S/C17H19ClFN3O/c1-3-22-12(8-10-5-7-20-15(18)14(10)22)16(23)21(2)13-9-17(19)6-4-11(13)17/h5,7-8,11,13H,3-4,6,9H2,1-2H3. The van der Waals surface area contributed by atoms with Gasteiger partial charge in [0.1, 0.15) is 11.4 Å². The van der Waals surface area contributed by atoms with Crippen LogP contribution in [0.15, 0.2) is 18.3 Å². The molecule has 3 atom stereocenters. The molecule has 0 aliphatic heterocycles. The number of rotatable bonds is 3. The maximum Gasteiger partial charge on any atom is 0.270 e. The van der Waals surface area contributed by atoms with Gasteiger partial charge in [-0.05, 0) is 31.9 Å². The molecule has 122 valence electrons. The van der Waals surface area contributed by atoms with Gasteiger partial charge in [0.2, 0.25) is 0 Å². The van der Waals surface area contributed by atoms with Crippen molar-refractivity contribution in [1.29, 1.82) is 0 Å². The van der Waals surface area contributed by atoms with Crippen molar-refractivity contribution >= 4 is 28.4 Å². The minimum atomic E-state index is -1.01. The summed E-state index contributed by atoms with van der Waals surface area (Å²) in [6, 6.07) is 3.72. The lowest BCUT2D eigenvalue weighted by Crippen LogP contribution is -2.67. The van der Waals surface area contributed by atoms with E-state index in [1.54, 1.807) is 18.1 Å². The van der Waals surface area contributed by atoms with Crippen LogP contribution >= 0.6 is 11.6 Å². The summed E-state index contributed by atoms with van der Waals surface area (Å²) in [6.45, 7) is 2.60. The molecular weight excluding hydrogens is 317 g/mol. The monoisotopic (exact) mass is 335 g/mol. The predicted octanol–water partition coefficient (Wildman–Crippen LogP) is 3.67. The molecule has 0 aromatic carbocycles. The smallest absolute Gasteiger partial charge is 0.270 e. The number of fused-ring (bicyclic) bond motifs is 2. The van der Waals surface area contributed by atoms with Crippen LogP contribution < -0.4 is 0 Å². The Bertz CT molecular complexity index is 804. The molecule has 4 nitrogen and oxygen atoms in total. The minimum Gasteiger partial charge on any atom is -0.337 e. The van der Waals surface area contributed by atoms with E-state index in [9.17, 15) is 9.18 Å². The fraction of sp³-hybridized carbons (Fsp3) is 0.529. The van der Waals surface area contributed by atoms with Gasteiger partial charge in [0.15, 0.2) is 5.15 Å². The Hall–Kier alpha value is -1.62. The second-order valence-corrected chi connectivity index (χ2v) is 7.04. The predicted molar refractivity (Wildman–Crippen MR) is 87.5 cm³/mol. The zero-order valence-corrected chi connectivity index (χ0v) is 14.0. The van der Waals surface area contributed by atoms with Crippen molar-refractivity contribution < 1.29 is 9.18 Å². The lowest BCUT2D eigenvalue weighted by molar-refractivity contribution is -0.152. The normalized spacial score (nSPS) is 28.9. The van der Waals surface area contributed by atoms with Crippen molar-refractivity contribution in [3.63, 3.8) is 0 Å². The summed E-state index contributed by atoms with van der Waals surface area (Å²) in [7, 11) is 1.78. The SMILES string of the molecule is CCn1c(C(=O)N(C)C2CC3(F)CCC23)cc2ccnc(Cl)c21. The van der Waals surface area contributed by atoms with Gasteiger partial charge in [-0.25, -0.2) is 9.37 Å². The van der Waals surface area contributed by atoms with Gasteiger partial charge in [-0.3, -0.25) is 4.79 Å². The molecule has 2 aromatic rings. The van der Waals surface area contributed by atoms with E-state index in [0.717, 1.165) is 17.3 Å². The third-order valence-corrected chi connectivity index (χ3v) is 5.94. The second kappa shape index (κ2) is 4.94. The molecule has 0 saturated heterocycles. The molecule has 2 fully saturated rings. The van der Waals surface area contributed by atoms with Crippen molar-refractivity contribution in [3.05, 3.63) is 29.2 Å². The molecule has 2 aliphatic carbocycles. The molecule has 6 heteroatoms. The van der Waals surface area contributed by atoms with Crippen LogP contribution in [-0.2, 0) is 6.54 Å². The van der Waals surface area contributed by atoms with Crippen molar-refractivity contribution in [2.24, 2.45) is 5.92 Å². The number of nitrogens with zero attached hydrogens (tertiary/aromatic N) is 3. The number of aromatic nitrogens is 2. The summed E-state index contributed by atoms with van der Waals surface area (Å²) in [6.07, 6.45) is 3.63. The number of aryl methyl sites for hydroxylation is 1. The number of carbonyl (C=O) groups is 1. The van der Waals surface area contributed by atoms with Gasteiger partial charge in [0.25, 0.3) is 5.91 Å². The van der Waals surface area contributed by atoms with E-state index in [4.69, 9.17) is 11.6 Å². The van der Waals surface area contributed by atoms with Crippen molar-refractivity contribution in [2.75, 3.05) is 7.05 Å². The third kappa shape index (κ3) is 1.95. The molecular formula is C17H19ClFN3O. The molecule has 3 unspecified atom stereocenters. The van der Waals surface area contributed by atoms with E-state index in [1.807, 2.05) is 23.6 Å². The highest BCUT2D eigenvalue weighted by molar-refractivity contribution is 6.34. The summed E-state index contributed by atoms with van der Waals surface area (Å²) < 4.78 is 16.1. The molecule has 4 rings (SSSR count). The Labute approximate surface area is 139 Å². The molecule has 2 aromatic heterocycles. The van der Waals surface area contributed by atoms with Crippen LogP contribution in [0.5, 0.6) is 0 Å². The average Bonchev–Trinajstić information content (AvgIpc) is 2.92. The molecule has 0 radical (unpaired) electrons. The highest BCUT2D eigenvalue weighted by Gasteiger charge is 2.62. The minimum absolute atomic E-state index is 0.0122. The Morgan fingerprint density at radius 2 is 2.39 bits per heavy atom. The lowest BCUT2D eigenvalue weighted by atomic mass is 9.53. The Balaban J connectivity index is 1.68. The van der Waals surface area contributed by atoms with Crippen LogP contribution in [0.1, 0.15) is 36.7 Å². The van der Waals surface area contributed by atoms with Crippen molar-refractivity contribution in [1.82, 2.24) is 14.5 Å². The number of carbonyl (C=O) groups excluding carboxylic acids is 1. The highest BCUT2D eigenvalue weighted by Crippen LogP contribution is 2.58. The summed E-state index contributed by atoms with van der Waals surface area (Å²) in [5.74, 6) is -0.0563. The van der Waals surface area contributed by atoms with E-state index in [2.05, 4.69) is 4.98 Å². The van der Waals surface area contributed by atoms with Gasteiger partial charge in [0.05, 0.1) is 5.52 Å². The molecule has 23 heavy (non-hydrogen) atoms. The van der Waals surface area contributed by atoms with Gasteiger partial charge in [-0.1, -0.05) is 11.6 Å². The first-order chi connectivity index (χ1) is 11.0. The Kier molecular flexibility index (Phi) is 3.21. The molecule has 1 amide bonds. The first-order valence-corrected chi connectivity index (χ1v) is 8.44. The van der Waals surface area contributed by atoms with Crippen LogP contribution in [0, 0.1) is 5.92 Å². The van der Waals surface area contributed by atoms with E-state index < -0.39 is 5.67 Å². The van der Waals surface area contributed by atoms with Gasteiger partial charge < -0.3 is 9.47 Å². The summed E-state index contributed by atoms with van der Waals surface area (Å²) in [5.41, 5.74) is 0.366. The molecule has 0 spiro atoms. The van der Waals surface area contributed by atoms with Crippen molar-refractivity contribution in [2.45, 2.75) is 44.4 Å². The average molecular weight is 336 g/mol. The van der Waals surface area contributed by atoms with E-state index >= 15 is 0 Å². The van der Waals surface area contributed by atoms with Crippen LogP contribution in [0.2, 0.25) is 5.15 Å². The molecule has 0 N–H and O–H groups in total. The number of amides is 1. The highest BCUT2D eigenvalue weighted by atomic mass is 35.5. The molecule has 0 bridgehead atoms. The number of hydrogen-bond acceptors (Lipinski definition) is 2. The Morgan fingerprint density at radius 1 is 1.61 bits per heavy atom. The number of pyridine rings is 1. The van der Waals surface area contributed by atoms with E-state index in [-0.39, 0.29) is 17.9 Å². The zero-order valence-electron chi connectivity index (χ0n) is 13.2. The van der Waals surface area contributed by atoms with Gasteiger partial charge in [0, 0.05) is 43.6 Å². The topological polar surface area (TPSA) is 38.1 Å². The van der Waals surface area contributed by atoms with E-state index in [0.29, 0.717) is 30.2 Å². The van der Waals surface area contributed by atoms with E-state index in [1.165, 1.54) is 0 Å². The third-order valence-electron chi connectivity index (χ3n) is 5.67. The zero-order chi connectivity index (χ0) is 16.4. The first-order valence-electron chi connectivity index (χ1n) is 8.06. The molecule has 2 aliphatic rings. The molecule has 2 heterocycles. The summed E-state index contributed by atoms with van der Waals surface area (Å²) >= 11 is 6.20. The fourth-order valence-electron chi connectivity index (χ4n) is 4.16. The van der Waals surface area contributed by atoms with Crippen LogP contribution in [0.4, 0.5) is 4.39 Å².